The molecule has 0 atom stereocenters. The first kappa shape index (κ1) is 17.7. The van der Waals surface area contributed by atoms with Crippen molar-refractivity contribution in [3.05, 3.63) is 78.2 Å². The van der Waals surface area contributed by atoms with Crippen molar-refractivity contribution in [3.63, 3.8) is 0 Å². The molecule has 3 aromatic rings. The van der Waals surface area contributed by atoms with E-state index in [1.54, 1.807) is 14.2 Å². The molecule has 0 aliphatic heterocycles. The fourth-order valence-corrected chi connectivity index (χ4v) is 2.80. The maximum absolute atomic E-state index is 5.37. The molecule has 0 amide bonds. The van der Waals surface area contributed by atoms with Gasteiger partial charge in [0.25, 0.3) is 0 Å². The van der Waals surface area contributed by atoms with E-state index in [1.165, 1.54) is 5.56 Å². The Labute approximate surface area is 154 Å². The second kappa shape index (κ2) is 8.85. The summed E-state index contributed by atoms with van der Waals surface area (Å²) in [6, 6.07) is 16.0. The molecule has 0 N–H and O–H groups in total. The molecule has 2 heterocycles. The minimum absolute atomic E-state index is 0.778. The van der Waals surface area contributed by atoms with Crippen molar-refractivity contribution in [2.24, 2.45) is 0 Å². The molecule has 0 radical (unpaired) electrons. The Morgan fingerprint density at radius 2 is 1.58 bits per heavy atom. The van der Waals surface area contributed by atoms with Gasteiger partial charge < -0.3 is 14.4 Å². The van der Waals surface area contributed by atoms with Gasteiger partial charge in [-0.15, -0.1) is 0 Å². The molecule has 3 rings (SSSR count). The summed E-state index contributed by atoms with van der Waals surface area (Å²) in [5.74, 6) is 2.56. The first-order valence-electron chi connectivity index (χ1n) is 8.55. The molecule has 26 heavy (non-hydrogen) atoms. The molecule has 0 bridgehead atoms. The fourth-order valence-electron chi connectivity index (χ4n) is 2.80. The average Bonchev–Trinajstić information content (AvgIpc) is 2.72. The molecule has 5 nitrogen and oxygen atoms in total. The summed E-state index contributed by atoms with van der Waals surface area (Å²) in [7, 11) is 3.34. The van der Waals surface area contributed by atoms with Gasteiger partial charge in [-0.2, -0.15) is 0 Å². The summed E-state index contributed by atoms with van der Waals surface area (Å²) in [5, 5.41) is 0. The molecule has 2 aromatic heterocycles. The van der Waals surface area contributed by atoms with E-state index >= 15 is 0 Å². The number of benzene rings is 1. The van der Waals surface area contributed by atoms with Crippen molar-refractivity contribution in [1.82, 2.24) is 9.97 Å². The molecule has 134 valence electrons. The molecule has 0 spiro atoms. The third kappa shape index (κ3) is 4.72. The van der Waals surface area contributed by atoms with Crippen LogP contribution in [0.15, 0.2) is 67.1 Å². The highest BCUT2D eigenvalue weighted by Gasteiger charge is 2.10. The van der Waals surface area contributed by atoms with E-state index in [2.05, 4.69) is 14.9 Å². The number of ether oxygens (including phenoxy) is 2. The van der Waals surface area contributed by atoms with Crippen molar-refractivity contribution < 1.29 is 9.47 Å². The average molecular weight is 349 g/mol. The summed E-state index contributed by atoms with van der Waals surface area (Å²) >= 11 is 0. The smallest absolute Gasteiger partial charge is 0.128 e. The minimum Gasteiger partial charge on any atom is -0.497 e. The number of hydrogen-bond donors (Lipinski definition) is 0. The van der Waals surface area contributed by atoms with E-state index in [9.17, 15) is 0 Å². The van der Waals surface area contributed by atoms with Gasteiger partial charge in [0.05, 0.1) is 14.2 Å². The lowest BCUT2D eigenvalue weighted by Gasteiger charge is -2.24. The number of anilines is 1. The van der Waals surface area contributed by atoms with E-state index in [0.29, 0.717) is 0 Å². The van der Waals surface area contributed by atoms with Gasteiger partial charge in [-0.05, 0) is 53.9 Å². The van der Waals surface area contributed by atoms with Gasteiger partial charge in [-0.1, -0.05) is 6.07 Å². The molecule has 0 saturated heterocycles. The Morgan fingerprint density at radius 3 is 2.19 bits per heavy atom. The Hall–Kier alpha value is -3.08. The third-order valence-electron chi connectivity index (χ3n) is 4.18. The SMILES string of the molecule is COc1cc(CCN(Cc2ccncc2)c2ccccn2)cc(OC)c1. The van der Waals surface area contributed by atoms with Crippen LogP contribution in [0.1, 0.15) is 11.1 Å². The Morgan fingerprint density at radius 1 is 0.846 bits per heavy atom. The topological polar surface area (TPSA) is 47.5 Å². The zero-order valence-electron chi connectivity index (χ0n) is 15.1. The summed E-state index contributed by atoms with van der Waals surface area (Å²) < 4.78 is 10.7. The third-order valence-corrected chi connectivity index (χ3v) is 4.18. The van der Waals surface area contributed by atoms with Gasteiger partial charge in [-0.3, -0.25) is 4.98 Å². The monoisotopic (exact) mass is 349 g/mol. The number of methoxy groups -OCH3 is 2. The van der Waals surface area contributed by atoms with Gasteiger partial charge in [0, 0.05) is 37.7 Å². The van der Waals surface area contributed by atoms with Crippen molar-refractivity contribution in [3.8, 4) is 11.5 Å². The summed E-state index contributed by atoms with van der Waals surface area (Å²) in [6.07, 6.45) is 6.32. The van der Waals surface area contributed by atoms with Gasteiger partial charge in [0.1, 0.15) is 17.3 Å². The molecule has 5 heteroatoms. The second-order valence-corrected chi connectivity index (χ2v) is 5.94. The van der Waals surface area contributed by atoms with E-state index in [-0.39, 0.29) is 0 Å². The van der Waals surface area contributed by atoms with Gasteiger partial charge in [0.15, 0.2) is 0 Å². The zero-order chi connectivity index (χ0) is 18.2. The second-order valence-electron chi connectivity index (χ2n) is 5.94. The highest BCUT2D eigenvalue weighted by molar-refractivity contribution is 5.41. The molecule has 0 fully saturated rings. The van der Waals surface area contributed by atoms with E-state index in [0.717, 1.165) is 42.4 Å². The van der Waals surface area contributed by atoms with Gasteiger partial charge in [0.2, 0.25) is 0 Å². The Balaban J connectivity index is 1.78. The molecular weight excluding hydrogens is 326 g/mol. The van der Waals surface area contributed by atoms with E-state index < -0.39 is 0 Å². The highest BCUT2D eigenvalue weighted by atomic mass is 16.5. The lowest BCUT2D eigenvalue weighted by atomic mass is 10.1. The van der Waals surface area contributed by atoms with Crippen LogP contribution in [-0.4, -0.2) is 30.7 Å². The van der Waals surface area contributed by atoms with E-state index in [4.69, 9.17) is 9.47 Å². The predicted molar refractivity (Wildman–Crippen MR) is 103 cm³/mol. The molecule has 0 aliphatic rings. The van der Waals surface area contributed by atoms with Crippen LogP contribution in [0.4, 0.5) is 5.82 Å². The van der Waals surface area contributed by atoms with E-state index in [1.807, 2.05) is 67.1 Å². The molecule has 1 aromatic carbocycles. The molecular formula is C21H23N3O2. The van der Waals surface area contributed by atoms with Crippen LogP contribution in [-0.2, 0) is 13.0 Å². The summed E-state index contributed by atoms with van der Waals surface area (Å²) in [5.41, 5.74) is 2.37. The number of aromatic nitrogens is 2. The summed E-state index contributed by atoms with van der Waals surface area (Å²) in [6.45, 7) is 1.61. The Bertz CT molecular complexity index is 788. The lowest BCUT2D eigenvalue weighted by molar-refractivity contribution is 0.393. The predicted octanol–water partition coefficient (Wildman–Crippen LogP) is 3.74. The van der Waals surface area contributed by atoms with Gasteiger partial charge in [-0.25, -0.2) is 4.98 Å². The normalized spacial score (nSPS) is 10.4. The highest BCUT2D eigenvalue weighted by Crippen LogP contribution is 2.23. The number of nitrogens with zero attached hydrogens (tertiary/aromatic N) is 3. The molecule has 0 aliphatic carbocycles. The standard InChI is InChI=1S/C21H23N3O2/c1-25-19-13-18(14-20(15-19)26-2)8-12-24(21-5-3-4-9-23-21)16-17-6-10-22-11-7-17/h3-7,9-11,13-15H,8,12,16H2,1-2H3. The first-order valence-corrected chi connectivity index (χ1v) is 8.55. The van der Waals surface area contributed by atoms with Crippen LogP contribution in [0.5, 0.6) is 11.5 Å². The van der Waals surface area contributed by atoms with Crippen molar-refractivity contribution in [1.29, 1.82) is 0 Å². The van der Waals surface area contributed by atoms with Gasteiger partial charge >= 0.3 is 0 Å². The van der Waals surface area contributed by atoms with Crippen LogP contribution in [0, 0.1) is 0 Å². The van der Waals surface area contributed by atoms with Crippen LogP contribution >= 0.6 is 0 Å². The summed E-state index contributed by atoms with van der Waals surface area (Å²) in [4.78, 5) is 10.9. The number of rotatable bonds is 8. The minimum atomic E-state index is 0.778. The largest absolute Gasteiger partial charge is 0.497 e. The van der Waals surface area contributed by atoms with Crippen LogP contribution < -0.4 is 14.4 Å². The van der Waals surface area contributed by atoms with Crippen molar-refractivity contribution in [2.75, 3.05) is 25.7 Å². The Kier molecular flexibility index (Phi) is 6.04. The zero-order valence-corrected chi connectivity index (χ0v) is 15.1. The molecule has 0 unspecified atom stereocenters. The maximum Gasteiger partial charge on any atom is 0.128 e. The van der Waals surface area contributed by atoms with Crippen molar-refractivity contribution >= 4 is 5.82 Å². The van der Waals surface area contributed by atoms with Crippen molar-refractivity contribution in [2.45, 2.75) is 13.0 Å². The quantitative estimate of drug-likeness (QED) is 0.620. The first-order chi connectivity index (χ1) is 12.8. The number of hydrogen-bond acceptors (Lipinski definition) is 5. The van der Waals surface area contributed by atoms with Crippen LogP contribution in [0.3, 0.4) is 0 Å². The van der Waals surface area contributed by atoms with Crippen LogP contribution in [0.25, 0.3) is 0 Å². The van der Waals surface area contributed by atoms with Crippen LogP contribution in [0.2, 0.25) is 0 Å². The number of pyridine rings is 2. The fraction of sp³-hybridized carbons (Fsp3) is 0.238. The molecule has 0 saturated carbocycles. The lowest BCUT2D eigenvalue weighted by Crippen LogP contribution is -2.26. The maximum atomic E-state index is 5.37.